The first-order chi connectivity index (χ1) is 16.3. The summed E-state index contributed by atoms with van der Waals surface area (Å²) in [7, 11) is 1.67. The van der Waals surface area contributed by atoms with E-state index in [1.54, 1.807) is 7.11 Å². The largest absolute Gasteiger partial charge is 0.497 e. The van der Waals surface area contributed by atoms with Crippen LogP contribution in [0.15, 0.2) is 53.5 Å². The lowest BCUT2D eigenvalue weighted by molar-refractivity contribution is 0.304. The summed E-state index contributed by atoms with van der Waals surface area (Å²) in [5, 5.41) is 0. The second-order valence-corrected chi connectivity index (χ2v) is 8.97. The van der Waals surface area contributed by atoms with Gasteiger partial charge in [-0.05, 0) is 60.5 Å². The highest BCUT2D eigenvalue weighted by molar-refractivity contribution is 5.82. The summed E-state index contributed by atoms with van der Waals surface area (Å²) in [5.74, 6) is 1.78. The maximum absolute atomic E-state index is 5.89. The van der Waals surface area contributed by atoms with Crippen molar-refractivity contribution >= 4 is 11.9 Å². The topological polar surface area (TPSA) is 30.8 Å². The zero-order valence-electron chi connectivity index (χ0n) is 21.1. The molecule has 2 aromatic rings. The molecule has 0 aliphatic rings. The van der Waals surface area contributed by atoms with Gasteiger partial charge in [-0.3, -0.25) is 4.99 Å². The Labute approximate surface area is 202 Å². The third-order valence-electron chi connectivity index (χ3n) is 6.08. The third-order valence-corrected chi connectivity index (χ3v) is 6.08. The number of unbranched alkanes of at least 4 members (excludes halogenated alkanes) is 13. The molecule has 33 heavy (non-hydrogen) atoms. The minimum atomic E-state index is 0.798. The van der Waals surface area contributed by atoms with E-state index in [0.717, 1.165) is 35.8 Å². The Morgan fingerprint density at radius 2 is 1.09 bits per heavy atom. The first-order valence-corrected chi connectivity index (χ1v) is 13.2. The summed E-state index contributed by atoms with van der Waals surface area (Å²) in [6.45, 7) is 3.08. The number of ether oxygens (including phenoxy) is 2. The lowest BCUT2D eigenvalue weighted by Gasteiger charge is -2.06. The van der Waals surface area contributed by atoms with Gasteiger partial charge in [-0.15, -0.1) is 0 Å². The van der Waals surface area contributed by atoms with Gasteiger partial charge in [0.15, 0.2) is 0 Å². The van der Waals surface area contributed by atoms with Gasteiger partial charge >= 0.3 is 0 Å². The van der Waals surface area contributed by atoms with Gasteiger partial charge in [0.05, 0.1) is 19.4 Å². The van der Waals surface area contributed by atoms with Crippen LogP contribution < -0.4 is 9.47 Å². The highest BCUT2D eigenvalue weighted by Gasteiger charge is 1.97. The van der Waals surface area contributed by atoms with Crippen molar-refractivity contribution in [3.05, 3.63) is 54.1 Å². The molecule has 0 amide bonds. The zero-order valence-corrected chi connectivity index (χ0v) is 21.1. The quantitative estimate of drug-likeness (QED) is 0.157. The Morgan fingerprint density at radius 3 is 1.61 bits per heavy atom. The standard InChI is InChI=1S/C30H45NO2/c1-3-4-5-6-7-8-9-10-11-12-13-14-15-16-25-33-30-23-19-28(20-24-30)31-26-27-17-21-29(32-2)22-18-27/h17-24,26H,3-16,25H2,1-2H3. The van der Waals surface area contributed by atoms with Gasteiger partial charge in [0.25, 0.3) is 0 Å². The Bertz CT molecular complexity index is 737. The zero-order chi connectivity index (χ0) is 23.4. The van der Waals surface area contributed by atoms with E-state index < -0.39 is 0 Å². The van der Waals surface area contributed by atoms with E-state index in [1.807, 2.05) is 54.7 Å². The van der Waals surface area contributed by atoms with Crippen molar-refractivity contribution in [1.82, 2.24) is 0 Å². The normalized spacial score (nSPS) is 11.2. The SMILES string of the molecule is CCCCCCCCCCCCCCCCOc1ccc(N=Cc2ccc(OC)cc2)cc1. The van der Waals surface area contributed by atoms with Gasteiger partial charge in [-0.1, -0.05) is 90.4 Å². The van der Waals surface area contributed by atoms with Gasteiger partial charge in [0.2, 0.25) is 0 Å². The lowest BCUT2D eigenvalue weighted by Crippen LogP contribution is -1.97. The van der Waals surface area contributed by atoms with Crippen molar-refractivity contribution in [2.75, 3.05) is 13.7 Å². The molecule has 0 saturated carbocycles. The molecule has 3 nitrogen and oxygen atoms in total. The van der Waals surface area contributed by atoms with Gasteiger partial charge in [-0.25, -0.2) is 0 Å². The summed E-state index contributed by atoms with van der Waals surface area (Å²) in [4.78, 5) is 4.53. The lowest BCUT2D eigenvalue weighted by atomic mass is 10.0. The minimum Gasteiger partial charge on any atom is -0.497 e. The minimum absolute atomic E-state index is 0.798. The van der Waals surface area contributed by atoms with E-state index in [0.29, 0.717) is 0 Å². The number of nitrogens with zero attached hydrogens (tertiary/aromatic N) is 1. The molecule has 0 unspecified atom stereocenters. The smallest absolute Gasteiger partial charge is 0.119 e. The molecule has 2 rings (SSSR count). The number of rotatable bonds is 19. The molecule has 0 aliphatic heterocycles. The molecule has 0 aromatic heterocycles. The van der Waals surface area contributed by atoms with Crippen LogP contribution in [-0.2, 0) is 0 Å². The molecule has 182 valence electrons. The molecular formula is C30H45NO2. The maximum Gasteiger partial charge on any atom is 0.119 e. The molecule has 0 heterocycles. The average Bonchev–Trinajstić information content (AvgIpc) is 2.86. The van der Waals surface area contributed by atoms with Crippen LogP contribution in [-0.4, -0.2) is 19.9 Å². The third kappa shape index (κ3) is 13.1. The van der Waals surface area contributed by atoms with E-state index in [1.165, 1.54) is 83.5 Å². The monoisotopic (exact) mass is 451 g/mol. The molecule has 0 fully saturated rings. The van der Waals surface area contributed by atoms with E-state index >= 15 is 0 Å². The summed E-state index contributed by atoms with van der Waals surface area (Å²) in [5.41, 5.74) is 1.98. The predicted molar refractivity (Wildman–Crippen MR) is 142 cm³/mol. The van der Waals surface area contributed by atoms with Crippen molar-refractivity contribution in [3.63, 3.8) is 0 Å². The van der Waals surface area contributed by atoms with Crippen molar-refractivity contribution in [3.8, 4) is 11.5 Å². The highest BCUT2D eigenvalue weighted by atomic mass is 16.5. The van der Waals surface area contributed by atoms with Crippen LogP contribution in [0.4, 0.5) is 5.69 Å². The summed E-state index contributed by atoms with van der Waals surface area (Å²) in [6, 6.07) is 15.9. The van der Waals surface area contributed by atoms with E-state index in [4.69, 9.17) is 9.47 Å². The van der Waals surface area contributed by atoms with Gasteiger partial charge in [-0.2, -0.15) is 0 Å². The first kappa shape index (κ1) is 27.0. The molecule has 3 heteroatoms. The Morgan fingerprint density at radius 1 is 0.606 bits per heavy atom. The van der Waals surface area contributed by atoms with Crippen molar-refractivity contribution in [2.24, 2.45) is 4.99 Å². The van der Waals surface area contributed by atoms with Crippen LogP contribution in [0, 0.1) is 0 Å². The Kier molecular flexibility index (Phi) is 14.8. The van der Waals surface area contributed by atoms with Crippen molar-refractivity contribution in [1.29, 1.82) is 0 Å². The molecule has 0 saturated heterocycles. The molecule has 0 N–H and O–H groups in total. The van der Waals surface area contributed by atoms with Crippen LogP contribution >= 0.6 is 0 Å². The second kappa shape index (κ2) is 18.2. The Hall–Kier alpha value is -2.29. The van der Waals surface area contributed by atoms with E-state index in [2.05, 4.69) is 11.9 Å². The van der Waals surface area contributed by atoms with Crippen LogP contribution in [0.25, 0.3) is 0 Å². The van der Waals surface area contributed by atoms with Crippen molar-refractivity contribution < 1.29 is 9.47 Å². The molecule has 0 aliphatic carbocycles. The maximum atomic E-state index is 5.89. The molecule has 0 radical (unpaired) electrons. The number of hydrogen-bond donors (Lipinski definition) is 0. The number of benzene rings is 2. The highest BCUT2D eigenvalue weighted by Crippen LogP contribution is 2.19. The second-order valence-electron chi connectivity index (χ2n) is 8.97. The van der Waals surface area contributed by atoms with Crippen molar-refractivity contribution in [2.45, 2.75) is 96.8 Å². The van der Waals surface area contributed by atoms with E-state index in [9.17, 15) is 0 Å². The summed E-state index contributed by atoms with van der Waals surface area (Å²) >= 11 is 0. The summed E-state index contributed by atoms with van der Waals surface area (Å²) in [6.07, 6.45) is 21.2. The van der Waals surface area contributed by atoms with Crippen LogP contribution in [0.1, 0.15) is 102 Å². The summed E-state index contributed by atoms with van der Waals surface area (Å²) < 4.78 is 11.1. The first-order valence-electron chi connectivity index (χ1n) is 13.2. The van der Waals surface area contributed by atoms with Gasteiger partial charge in [0, 0.05) is 6.21 Å². The molecule has 0 spiro atoms. The van der Waals surface area contributed by atoms with Gasteiger partial charge < -0.3 is 9.47 Å². The van der Waals surface area contributed by atoms with Crippen LogP contribution in [0.3, 0.4) is 0 Å². The fourth-order valence-electron chi connectivity index (χ4n) is 3.95. The average molecular weight is 452 g/mol. The Balaban J connectivity index is 1.44. The van der Waals surface area contributed by atoms with E-state index in [-0.39, 0.29) is 0 Å². The molecular weight excluding hydrogens is 406 g/mol. The van der Waals surface area contributed by atoms with Crippen LogP contribution in [0.2, 0.25) is 0 Å². The number of hydrogen-bond acceptors (Lipinski definition) is 3. The predicted octanol–water partition coefficient (Wildman–Crippen LogP) is 9.31. The molecule has 2 aromatic carbocycles. The fraction of sp³-hybridized carbons (Fsp3) is 0.567. The number of aliphatic imine (C=N–C) groups is 1. The molecule has 0 bridgehead atoms. The van der Waals surface area contributed by atoms with Crippen LogP contribution in [0.5, 0.6) is 11.5 Å². The number of methoxy groups -OCH3 is 1. The van der Waals surface area contributed by atoms with Gasteiger partial charge in [0.1, 0.15) is 11.5 Å². The molecule has 0 atom stereocenters. The fourth-order valence-corrected chi connectivity index (χ4v) is 3.95.